The highest BCUT2D eigenvalue weighted by molar-refractivity contribution is 5.21. The molecule has 2 N–H and O–H groups in total. The van der Waals surface area contributed by atoms with Crippen LogP contribution in [0.15, 0.2) is 24.3 Å². The van der Waals surface area contributed by atoms with Crippen molar-refractivity contribution >= 4 is 0 Å². The SMILES string of the molecule is N[C@H](c1ccc(F)cc1)C1CC1. The Kier molecular flexibility index (Phi) is 1.85. The van der Waals surface area contributed by atoms with Crippen LogP contribution in [-0.4, -0.2) is 0 Å². The average molecular weight is 165 g/mol. The summed E-state index contributed by atoms with van der Waals surface area (Å²) >= 11 is 0. The van der Waals surface area contributed by atoms with E-state index < -0.39 is 0 Å². The smallest absolute Gasteiger partial charge is 0.123 e. The van der Waals surface area contributed by atoms with E-state index in [0.29, 0.717) is 5.92 Å². The fourth-order valence-electron chi connectivity index (χ4n) is 1.41. The Morgan fingerprint density at radius 1 is 1.25 bits per heavy atom. The van der Waals surface area contributed by atoms with Gasteiger partial charge in [-0.05, 0) is 36.5 Å². The van der Waals surface area contributed by atoms with Gasteiger partial charge in [0.1, 0.15) is 5.82 Å². The van der Waals surface area contributed by atoms with Gasteiger partial charge in [-0.3, -0.25) is 0 Å². The van der Waals surface area contributed by atoms with E-state index in [-0.39, 0.29) is 11.9 Å². The molecule has 0 amide bonds. The molecule has 0 aliphatic heterocycles. The number of nitrogens with two attached hydrogens (primary N) is 1. The average Bonchev–Trinajstić information content (AvgIpc) is 2.87. The molecule has 1 fully saturated rings. The highest BCUT2D eigenvalue weighted by Crippen LogP contribution is 2.39. The molecule has 64 valence electrons. The van der Waals surface area contributed by atoms with Crippen molar-refractivity contribution in [3.63, 3.8) is 0 Å². The lowest BCUT2D eigenvalue weighted by Gasteiger charge is -2.09. The second-order valence-corrected chi connectivity index (χ2v) is 3.41. The molecule has 1 aliphatic carbocycles. The minimum atomic E-state index is -0.193. The summed E-state index contributed by atoms with van der Waals surface area (Å²) in [6.07, 6.45) is 2.44. The van der Waals surface area contributed by atoms with Gasteiger partial charge >= 0.3 is 0 Å². The highest BCUT2D eigenvalue weighted by atomic mass is 19.1. The van der Waals surface area contributed by atoms with E-state index in [0.717, 1.165) is 5.56 Å². The van der Waals surface area contributed by atoms with E-state index in [4.69, 9.17) is 5.73 Å². The summed E-state index contributed by atoms with van der Waals surface area (Å²) in [5.74, 6) is 0.442. The lowest BCUT2D eigenvalue weighted by molar-refractivity contribution is 0.613. The molecule has 0 unspecified atom stereocenters. The highest BCUT2D eigenvalue weighted by Gasteiger charge is 2.29. The molecule has 0 radical (unpaired) electrons. The van der Waals surface area contributed by atoms with Gasteiger partial charge in [0.2, 0.25) is 0 Å². The Labute approximate surface area is 71.4 Å². The van der Waals surface area contributed by atoms with Gasteiger partial charge in [0.25, 0.3) is 0 Å². The minimum absolute atomic E-state index is 0.116. The first-order valence-corrected chi connectivity index (χ1v) is 4.28. The van der Waals surface area contributed by atoms with Crippen molar-refractivity contribution in [3.8, 4) is 0 Å². The monoisotopic (exact) mass is 165 g/mol. The lowest BCUT2D eigenvalue weighted by atomic mass is 10.0. The van der Waals surface area contributed by atoms with Crippen LogP contribution >= 0.6 is 0 Å². The predicted molar refractivity (Wildman–Crippen MR) is 46.1 cm³/mol. The maximum Gasteiger partial charge on any atom is 0.123 e. The molecule has 1 aromatic rings. The standard InChI is InChI=1S/C10H12FN/c11-9-5-3-8(4-6-9)10(12)7-1-2-7/h3-7,10H,1-2,12H2/t10-/m0/s1. The summed E-state index contributed by atoms with van der Waals surface area (Å²) in [7, 11) is 0. The normalized spacial score (nSPS) is 19.2. The van der Waals surface area contributed by atoms with Gasteiger partial charge < -0.3 is 5.73 Å². The van der Waals surface area contributed by atoms with Crippen molar-refractivity contribution in [3.05, 3.63) is 35.6 Å². The first-order valence-electron chi connectivity index (χ1n) is 4.28. The summed E-state index contributed by atoms with van der Waals surface area (Å²) in [6, 6.07) is 6.61. The second-order valence-electron chi connectivity index (χ2n) is 3.41. The van der Waals surface area contributed by atoms with Crippen molar-refractivity contribution in [1.82, 2.24) is 0 Å². The van der Waals surface area contributed by atoms with E-state index in [1.54, 1.807) is 12.1 Å². The topological polar surface area (TPSA) is 26.0 Å². The van der Waals surface area contributed by atoms with Crippen LogP contribution in [0.5, 0.6) is 0 Å². The molecule has 0 saturated heterocycles. The Morgan fingerprint density at radius 2 is 1.83 bits per heavy atom. The summed E-state index contributed by atoms with van der Waals surface area (Å²) in [6.45, 7) is 0. The lowest BCUT2D eigenvalue weighted by Crippen LogP contribution is -2.11. The number of benzene rings is 1. The molecule has 0 heterocycles. The third-order valence-electron chi connectivity index (χ3n) is 2.38. The molecule has 0 aromatic heterocycles. The number of halogens is 1. The molecule has 2 heteroatoms. The third kappa shape index (κ3) is 1.48. The zero-order chi connectivity index (χ0) is 8.55. The van der Waals surface area contributed by atoms with Crippen LogP contribution in [0.2, 0.25) is 0 Å². The summed E-state index contributed by atoms with van der Waals surface area (Å²) in [5, 5.41) is 0. The minimum Gasteiger partial charge on any atom is -0.324 e. The van der Waals surface area contributed by atoms with Crippen LogP contribution in [0.25, 0.3) is 0 Å². The molecule has 0 bridgehead atoms. The van der Waals surface area contributed by atoms with Crippen LogP contribution in [0.1, 0.15) is 24.4 Å². The Morgan fingerprint density at radius 3 is 2.33 bits per heavy atom. The van der Waals surface area contributed by atoms with E-state index in [2.05, 4.69) is 0 Å². The maximum absolute atomic E-state index is 12.5. The quantitative estimate of drug-likeness (QED) is 0.714. The molecule has 0 spiro atoms. The predicted octanol–water partition coefficient (Wildman–Crippen LogP) is 2.24. The van der Waals surface area contributed by atoms with E-state index in [1.807, 2.05) is 0 Å². The van der Waals surface area contributed by atoms with Gasteiger partial charge in [0.05, 0.1) is 0 Å². The molecular formula is C10H12FN. The second kappa shape index (κ2) is 2.87. The van der Waals surface area contributed by atoms with Crippen LogP contribution < -0.4 is 5.73 Å². The first kappa shape index (κ1) is 7.74. The third-order valence-corrected chi connectivity index (χ3v) is 2.38. The van der Waals surface area contributed by atoms with Gasteiger partial charge in [-0.2, -0.15) is 0 Å². The number of hydrogen-bond acceptors (Lipinski definition) is 1. The maximum atomic E-state index is 12.5. The molecule has 1 atom stereocenters. The number of hydrogen-bond donors (Lipinski definition) is 1. The van der Waals surface area contributed by atoms with Gasteiger partial charge in [0, 0.05) is 6.04 Å². The van der Waals surface area contributed by atoms with Crippen LogP contribution in [0, 0.1) is 11.7 Å². The van der Waals surface area contributed by atoms with Crippen molar-refractivity contribution in [2.24, 2.45) is 11.7 Å². The zero-order valence-electron chi connectivity index (χ0n) is 6.83. The van der Waals surface area contributed by atoms with Crippen molar-refractivity contribution in [2.45, 2.75) is 18.9 Å². The molecule has 1 nitrogen and oxygen atoms in total. The molecule has 1 aromatic carbocycles. The molecular weight excluding hydrogens is 153 g/mol. The van der Waals surface area contributed by atoms with Crippen molar-refractivity contribution < 1.29 is 4.39 Å². The molecule has 12 heavy (non-hydrogen) atoms. The first-order chi connectivity index (χ1) is 5.77. The van der Waals surface area contributed by atoms with E-state index in [1.165, 1.54) is 25.0 Å². The number of rotatable bonds is 2. The summed E-state index contributed by atoms with van der Waals surface area (Å²) in [5.41, 5.74) is 6.98. The van der Waals surface area contributed by atoms with E-state index in [9.17, 15) is 4.39 Å². The summed E-state index contributed by atoms with van der Waals surface area (Å²) in [4.78, 5) is 0. The Balaban J connectivity index is 2.16. The van der Waals surface area contributed by atoms with Gasteiger partial charge in [-0.1, -0.05) is 12.1 Å². The summed E-state index contributed by atoms with van der Waals surface area (Å²) < 4.78 is 12.5. The fourth-order valence-corrected chi connectivity index (χ4v) is 1.41. The Hall–Kier alpha value is -0.890. The zero-order valence-corrected chi connectivity index (χ0v) is 6.83. The molecule has 1 aliphatic rings. The van der Waals surface area contributed by atoms with Gasteiger partial charge in [-0.15, -0.1) is 0 Å². The van der Waals surface area contributed by atoms with E-state index >= 15 is 0 Å². The fraction of sp³-hybridized carbons (Fsp3) is 0.400. The van der Waals surface area contributed by atoms with Crippen molar-refractivity contribution in [1.29, 1.82) is 0 Å². The van der Waals surface area contributed by atoms with Gasteiger partial charge in [-0.25, -0.2) is 4.39 Å². The molecule has 1 saturated carbocycles. The van der Waals surface area contributed by atoms with Crippen molar-refractivity contribution in [2.75, 3.05) is 0 Å². The largest absolute Gasteiger partial charge is 0.324 e. The van der Waals surface area contributed by atoms with Gasteiger partial charge in [0.15, 0.2) is 0 Å². The molecule has 2 rings (SSSR count). The van der Waals surface area contributed by atoms with Crippen LogP contribution in [0.4, 0.5) is 4.39 Å². The van der Waals surface area contributed by atoms with Crippen LogP contribution in [0.3, 0.4) is 0 Å². The Bertz CT molecular complexity index is 264. The van der Waals surface area contributed by atoms with Crippen LogP contribution in [-0.2, 0) is 0 Å².